The lowest BCUT2D eigenvalue weighted by Gasteiger charge is -2.54. The summed E-state index contributed by atoms with van der Waals surface area (Å²) in [5, 5.41) is 14.3. The second-order valence-electron chi connectivity index (χ2n) is 8.94. The molecular formula is C25H30N2O4. The van der Waals surface area contributed by atoms with Crippen molar-refractivity contribution in [3.63, 3.8) is 0 Å². The van der Waals surface area contributed by atoms with Crippen molar-refractivity contribution in [3.8, 4) is 5.75 Å². The Kier molecular flexibility index (Phi) is 6.12. The maximum atomic E-state index is 12.8. The number of nitrogens with zero attached hydrogens (tertiary/aromatic N) is 1. The van der Waals surface area contributed by atoms with E-state index in [1.807, 2.05) is 30.3 Å². The predicted octanol–water partition coefficient (Wildman–Crippen LogP) is 2.75. The minimum absolute atomic E-state index is 0.0451. The van der Waals surface area contributed by atoms with Gasteiger partial charge < -0.3 is 20.1 Å². The Hall–Kier alpha value is -2.70. The molecule has 1 saturated heterocycles. The van der Waals surface area contributed by atoms with E-state index in [2.05, 4.69) is 23.3 Å². The summed E-state index contributed by atoms with van der Waals surface area (Å²) in [7, 11) is 2.08. The van der Waals surface area contributed by atoms with Crippen molar-refractivity contribution in [3.05, 3.63) is 65.7 Å². The monoisotopic (exact) mass is 422 g/mol. The van der Waals surface area contributed by atoms with Gasteiger partial charge in [-0.15, -0.1) is 0 Å². The van der Waals surface area contributed by atoms with E-state index in [4.69, 9.17) is 4.74 Å². The quantitative estimate of drug-likeness (QED) is 0.585. The molecule has 1 aliphatic heterocycles. The zero-order chi connectivity index (χ0) is 22.0. The van der Waals surface area contributed by atoms with E-state index in [0.29, 0.717) is 17.7 Å². The van der Waals surface area contributed by atoms with Crippen LogP contribution in [0.2, 0.25) is 0 Å². The van der Waals surface area contributed by atoms with Crippen LogP contribution in [0.5, 0.6) is 5.75 Å². The number of aliphatic hydroxyl groups is 1. The normalized spacial score (nSPS) is 28.4. The smallest absolute Gasteiger partial charge is 0.308 e. The molecule has 0 radical (unpaired) electrons. The number of amides is 1. The van der Waals surface area contributed by atoms with Crippen molar-refractivity contribution in [2.45, 2.75) is 43.7 Å². The number of esters is 1. The molecule has 6 heteroatoms. The van der Waals surface area contributed by atoms with Crippen LogP contribution in [0.1, 0.15) is 42.1 Å². The topological polar surface area (TPSA) is 78.9 Å². The molecule has 31 heavy (non-hydrogen) atoms. The highest BCUT2D eigenvalue weighted by Gasteiger charge is 2.51. The fraction of sp³-hybridized carbons (Fsp3) is 0.440. The molecule has 0 aromatic heterocycles. The van der Waals surface area contributed by atoms with Crippen molar-refractivity contribution in [2.75, 3.05) is 20.1 Å². The van der Waals surface area contributed by atoms with Gasteiger partial charge in [0.05, 0.1) is 6.10 Å². The zero-order valence-electron chi connectivity index (χ0n) is 18.1. The zero-order valence-corrected chi connectivity index (χ0v) is 18.1. The number of likely N-dealkylation sites (tertiary alicyclic amines) is 1. The average Bonchev–Trinajstić information content (AvgIpc) is 2.75. The first-order chi connectivity index (χ1) is 14.9. The van der Waals surface area contributed by atoms with E-state index in [1.165, 1.54) is 6.92 Å². The molecular weight excluding hydrogens is 392 g/mol. The van der Waals surface area contributed by atoms with Gasteiger partial charge in [0.2, 0.25) is 0 Å². The maximum Gasteiger partial charge on any atom is 0.308 e. The lowest BCUT2D eigenvalue weighted by Crippen LogP contribution is -2.60. The minimum atomic E-state index is -0.532. The van der Waals surface area contributed by atoms with Gasteiger partial charge in [-0.3, -0.25) is 9.59 Å². The number of nitrogens with one attached hydrogen (secondary N) is 1. The largest absolute Gasteiger partial charge is 0.427 e. The third-order valence-corrected chi connectivity index (χ3v) is 6.80. The van der Waals surface area contributed by atoms with Crippen LogP contribution < -0.4 is 10.1 Å². The molecule has 2 fully saturated rings. The number of rotatable bonds is 4. The van der Waals surface area contributed by atoms with Gasteiger partial charge in [-0.25, -0.2) is 0 Å². The lowest BCUT2D eigenvalue weighted by molar-refractivity contribution is -0.131. The Morgan fingerprint density at radius 3 is 2.68 bits per heavy atom. The molecule has 2 N–H and O–H groups in total. The van der Waals surface area contributed by atoms with E-state index in [9.17, 15) is 14.7 Å². The Bertz CT molecular complexity index is 948. The fourth-order valence-electron chi connectivity index (χ4n) is 5.38. The predicted molar refractivity (Wildman–Crippen MR) is 118 cm³/mol. The second-order valence-corrected chi connectivity index (χ2v) is 8.94. The van der Waals surface area contributed by atoms with E-state index in [0.717, 1.165) is 31.5 Å². The molecule has 1 amide bonds. The molecule has 0 bridgehead atoms. The number of carbonyl (C=O) groups excluding carboxylic acids is 2. The van der Waals surface area contributed by atoms with E-state index < -0.39 is 6.10 Å². The molecule has 4 atom stereocenters. The van der Waals surface area contributed by atoms with Gasteiger partial charge in [0.1, 0.15) is 5.75 Å². The van der Waals surface area contributed by atoms with Gasteiger partial charge in [-0.2, -0.15) is 0 Å². The molecule has 1 saturated carbocycles. The van der Waals surface area contributed by atoms with Crippen molar-refractivity contribution >= 4 is 11.9 Å². The van der Waals surface area contributed by atoms with E-state index >= 15 is 0 Å². The molecule has 2 aromatic rings. The summed E-state index contributed by atoms with van der Waals surface area (Å²) in [5.74, 6) is 0.0879. The second kappa shape index (κ2) is 8.81. The van der Waals surface area contributed by atoms with Crippen LogP contribution in [0.25, 0.3) is 0 Å². The third kappa shape index (κ3) is 4.50. The lowest BCUT2D eigenvalue weighted by atomic mass is 9.57. The van der Waals surface area contributed by atoms with Gasteiger partial charge in [-0.1, -0.05) is 30.3 Å². The first kappa shape index (κ1) is 21.5. The third-order valence-electron chi connectivity index (χ3n) is 6.80. The molecule has 6 nitrogen and oxygen atoms in total. The molecule has 0 spiro atoms. The summed E-state index contributed by atoms with van der Waals surface area (Å²) < 4.78 is 5.34. The van der Waals surface area contributed by atoms with Gasteiger partial charge in [0.25, 0.3) is 5.91 Å². The first-order valence-electron chi connectivity index (χ1n) is 10.9. The molecule has 1 aliphatic carbocycles. The Morgan fingerprint density at radius 2 is 1.94 bits per heavy atom. The summed E-state index contributed by atoms with van der Waals surface area (Å²) in [6, 6.07) is 16.7. The van der Waals surface area contributed by atoms with Crippen molar-refractivity contribution in [2.24, 2.45) is 5.92 Å². The number of fused-ring (bicyclic) bond motifs is 1. The summed E-state index contributed by atoms with van der Waals surface area (Å²) in [6.07, 6.45) is 1.61. The molecule has 2 aromatic carbocycles. The summed E-state index contributed by atoms with van der Waals surface area (Å²) in [5.41, 5.74) is 1.38. The van der Waals surface area contributed by atoms with Crippen LogP contribution in [-0.4, -0.2) is 54.2 Å². The number of hydrogen-bond donors (Lipinski definition) is 2. The van der Waals surface area contributed by atoms with Crippen molar-refractivity contribution in [1.29, 1.82) is 0 Å². The van der Waals surface area contributed by atoms with Gasteiger partial charge in [-0.05, 0) is 62.7 Å². The van der Waals surface area contributed by atoms with Gasteiger partial charge >= 0.3 is 5.97 Å². The minimum Gasteiger partial charge on any atom is -0.427 e. The Labute approximate surface area is 183 Å². The highest BCUT2D eigenvalue weighted by atomic mass is 16.5. The van der Waals surface area contributed by atoms with E-state index in [1.54, 1.807) is 18.2 Å². The average molecular weight is 423 g/mol. The fourth-order valence-corrected chi connectivity index (χ4v) is 5.38. The van der Waals surface area contributed by atoms with Crippen LogP contribution in [-0.2, 0) is 10.2 Å². The number of hydrogen-bond acceptors (Lipinski definition) is 5. The van der Waals surface area contributed by atoms with Crippen LogP contribution >= 0.6 is 0 Å². The van der Waals surface area contributed by atoms with Crippen LogP contribution in [0.3, 0.4) is 0 Å². The maximum absolute atomic E-state index is 12.8. The molecule has 3 unspecified atom stereocenters. The molecule has 164 valence electrons. The highest BCUT2D eigenvalue weighted by molar-refractivity contribution is 5.94. The number of ether oxygens (including phenoxy) is 1. The summed E-state index contributed by atoms with van der Waals surface area (Å²) in [6.45, 7) is 3.08. The van der Waals surface area contributed by atoms with Crippen LogP contribution in [0.15, 0.2) is 54.6 Å². The van der Waals surface area contributed by atoms with E-state index in [-0.39, 0.29) is 29.3 Å². The summed E-state index contributed by atoms with van der Waals surface area (Å²) in [4.78, 5) is 26.5. The van der Waals surface area contributed by atoms with Crippen LogP contribution in [0.4, 0.5) is 0 Å². The SMILES string of the molecule is CC(=O)Oc1cccc(C23CCN(C)CC2C(O)C[C@@H](NC(=O)c2ccccc2)C3)c1. The Balaban J connectivity index is 1.65. The van der Waals surface area contributed by atoms with Crippen molar-refractivity contribution < 1.29 is 19.4 Å². The van der Waals surface area contributed by atoms with Gasteiger partial charge in [0.15, 0.2) is 0 Å². The number of carbonyl (C=O) groups is 2. The Morgan fingerprint density at radius 1 is 1.16 bits per heavy atom. The number of piperidine rings is 1. The first-order valence-corrected chi connectivity index (χ1v) is 10.9. The van der Waals surface area contributed by atoms with Gasteiger partial charge in [0, 0.05) is 36.4 Å². The van der Waals surface area contributed by atoms with Crippen molar-refractivity contribution in [1.82, 2.24) is 10.2 Å². The standard InChI is InChI=1S/C25H30N2O4/c1-17(28)31-21-10-6-9-19(13-21)25-11-12-27(2)16-22(25)23(29)14-20(15-25)26-24(30)18-7-4-3-5-8-18/h3-10,13,20,22-23,29H,11-12,14-16H2,1-2H3,(H,26,30)/t20-,22?,23?,25?/m1/s1. The van der Waals surface area contributed by atoms with Crippen LogP contribution in [0, 0.1) is 5.92 Å². The summed E-state index contributed by atoms with van der Waals surface area (Å²) >= 11 is 0. The highest BCUT2D eigenvalue weighted by Crippen LogP contribution is 2.49. The number of benzene rings is 2. The molecule has 4 rings (SSSR count). The number of aliphatic hydroxyl groups excluding tert-OH is 1. The molecule has 1 heterocycles. The molecule has 2 aliphatic rings.